The van der Waals surface area contributed by atoms with Gasteiger partial charge in [-0.25, -0.2) is 4.39 Å². The van der Waals surface area contributed by atoms with Crippen LogP contribution in [-0.2, 0) is 4.79 Å². The molecule has 2 aromatic carbocycles. The van der Waals surface area contributed by atoms with E-state index in [0.717, 1.165) is 5.56 Å². The van der Waals surface area contributed by atoms with Crippen molar-refractivity contribution in [1.82, 2.24) is 16.2 Å². The molecule has 29 heavy (non-hydrogen) atoms. The van der Waals surface area contributed by atoms with Gasteiger partial charge >= 0.3 is 0 Å². The molecule has 1 atom stereocenters. The molecule has 2 aromatic rings. The van der Waals surface area contributed by atoms with Crippen molar-refractivity contribution < 1.29 is 14.0 Å². The lowest BCUT2D eigenvalue weighted by atomic mass is 10.0. The van der Waals surface area contributed by atoms with Crippen LogP contribution < -0.4 is 21.5 Å². The number of hydrazine groups is 1. The molecule has 0 radical (unpaired) electrons. The Bertz CT molecular complexity index is 888. The van der Waals surface area contributed by atoms with Gasteiger partial charge in [0, 0.05) is 5.56 Å². The zero-order valence-electron chi connectivity index (χ0n) is 16.6. The maximum Gasteiger partial charge on any atom is 0.260 e. The van der Waals surface area contributed by atoms with Gasteiger partial charge in [-0.2, -0.15) is 0 Å². The van der Waals surface area contributed by atoms with Crippen molar-refractivity contribution in [3.05, 3.63) is 65.5 Å². The van der Waals surface area contributed by atoms with E-state index >= 15 is 0 Å². The van der Waals surface area contributed by atoms with Crippen molar-refractivity contribution in [3.63, 3.8) is 0 Å². The first kappa shape index (κ1) is 22.3. The van der Waals surface area contributed by atoms with Crippen LogP contribution in [0, 0.1) is 18.7 Å². The molecule has 0 unspecified atom stereocenters. The minimum atomic E-state index is -0.758. The van der Waals surface area contributed by atoms with Crippen molar-refractivity contribution in [1.29, 1.82) is 0 Å². The highest BCUT2D eigenvalue weighted by Crippen LogP contribution is 2.12. The van der Waals surface area contributed by atoms with Gasteiger partial charge in [-0.05, 0) is 55.2 Å². The molecular formula is C21H25FN4O2S. The number of thiocarbonyl (C=S) groups is 1. The molecule has 154 valence electrons. The molecule has 0 bridgehead atoms. The van der Waals surface area contributed by atoms with E-state index in [9.17, 15) is 14.0 Å². The van der Waals surface area contributed by atoms with Crippen LogP contribution in [0.1, 0.15) is 36.2 Å². The standard InChI is InChI=1S/C21H25FN4O2S/c1-13(2)12-18(23-19(27)15-9-5-4-8-14(15)3)20(28)25-26-21(29)24-17-11-7-6-10-16(17)22/h4-11,13,18H,12H2,1-3H3,(H,23,27)(H,25,28)(H2,24,26,29)/t18-/m0/s1. The van der Waals surface area contributed by atoms with Crippen LogP contribution in [0.3, 0.4) is 0 Å². The molecule has 0 fully saturated rings. The predicted octanol–water partition coefficient (Wildman–Crippen LogP) is 3.30. The number of aryl methyl sites for hydroxylation is 1. The first-order valence-electron chi connectivity index (χ1n) is 9.25. The molecule has 0 saturated heterocycles. The minimum absolute atomic E-state index is 0.0250. The van der Waals surface area contributed by atoms with Crippen LogP contribution in [0.4, 0.5) is 10.1 Å². The Hall–Kier alpha value is -3.00. The summed E-state index contributed by atoms with van der Waals surface area (Å²) in [5.41, 5.74) is 6.53. The summed E-state index contributed by atoms with van der Waals surface area (Å²) in [4.78, 5) is 25.2. The summed E-state index contributed by atoms with van der Waals surface area (Å²) in [6, 6.07) is 12.4. The van der Waals surface area contributed by atoms with Crippen LogP contribution in [-0.4, -0.2) is 23.0 Å². The maximum atomic E-state index is 13.7. The quantitative estimate of drug-likeness (QED) is 0.429. The molecule has 6 nitrogen and oxygen atoms in total. The van der Waals surface area contributed by atoms with E-state index in [1.54, 1.807) is 24.3 Å². The molecule has 2 amide bonds. The van der Waals surface area contributed by atoms with Crippen molar-refractivity contribution in [2.45, 2.75) is 33.2 Å². The van der Waals surface area contributed by atoms with E-state index in [1.807, 2.05) is 32.9 Å². The maximum absolute atomic E-state index is 13.7. The van der Waals surface area contributed by atoms with Crippen LogP contribution in [0.15, 0.2) is 48.5 Å². The van der Waals surface area contributed by atoms with Crippen LogP contribution >= 0.6 is 12.2 Å². The van der Waals surface area contributed by atoms with Gasteiger partial charge in [0.1, 0.15) is 11.9 Å². The molecule has 0 saturated carbocycles. The normalized spacial score (nSPS) is 11.5. The number of hydrogen-bond acceptors (Lipinski definition) is 3. The zero-order chi connectivity index (χ0) is 21.4. The van der Waals surface area contributed by atoms with Crippen LogP contribution in [0.5, 0.6) is 0 Å². The largest absolute Gasteiger partial charge is 0.340 e. The first-order chi connectivity index (χ1) is 13.8. The van der Waals surface area contributed by atoms with Gasteiger partial charge in [0.2, 0.25) is 0 Å². The summed E-state index contributed by atoms with van der Waals surface area (Å²) in [6.07, 6.45) is 0.443. The third kappa shape index (κ3) is 6.83. The van der Waals surface area contributed by atoms with Crippen molar-refractivity contribution in [3.8, 4) is 0 Å². The van der Waals surface area contributed by atoms with Crippen molar-refractivity contribution in [2.24, 2.45) is 5.92 Å². The average molecular weight is 417 g/mol. The summed E-state index contributed by atoms with van der Waals surface area (Å²) in [5, 5.41) is 5.46. The monoisotopic (exact) mass is 416 g/mol. The van der Waals surface area contributed by atoms with Crippen LogP contribution in [0.2, 0.25) is 0 Å². The second-order valence-electron chi connectivity index (χ2n) is 7.02. The molecule has 0 aliphatic rings. The van der Waals surface area contributed by atoms with Gasteiger partial charge in [-0.3, -0.25) is 20.4 Å². The number of para-hydroxylation sites is 1. The summed E-state index contributed by atoms with van der Waals surface area (Å²) < 4.78 is 13.7. The Morgan fingerprint density at radius 2 is 1.69 bits per heavy atom. The highest BCUT2D eigenvalue weighted by molar-refractivity contribution is 7.80. The molecule has 4 N–H and O–H groups in total. The van der Waals surface area contributed by atoms with E-state index in [4.69, 9.17) is 12.2 Å². The highest BCUT2D eigenvalue weighted by Gasteiger charge is 2.23. The fourth-order valence-electron chi connectivity index (χ4n) is 2.69. The smallest absolute Gasteiger partial charge is 0.260 e. The fraction of sp³-hybridized carbons (Fsp3) is 0.286. The number of carbonyl (C=O) groups is 2. The molecule has 0 spiro atoms. The van der Waals surface area contributed by atoms with Gasteiger partial charge in [0.15, 0.2) is 5.11 Å². The topological polar surface area (TPSA) is 82.3 Å². The Kier molecular flexibility index (Phi) is 8.09. The van der Waals surface area contributed by atoms with Gasteiger partial charge in [0.05, 0.1) is 5.69 Å². The Labute approximate surface area is 175 Å². The Morgan fingerprint density at radius 1 is 1.03 bits per heavy atom. The van der Waals surface area contributed by atoms with E-state index in [1.165, 1.54) is 12.1 Å². The number of hydrogen-bond donors (Lipinski definition) is 4. The number of amides is 2. The zero-order valence-corrected chi connectivity index (χ0v) is 17.4. The summed E-state index contributed by atoms with van der Waals surface area (Å²) >= 11 is 5.08. The second-order valence-corrected chi connectivity index (χ2v) is 7.43. The molecular weight excluding hydrogens is 391 g/mol. The number of anilines is 1. The molecule has 0 heterocycles. The molecule has 0 aliphatic carbocycles. The molecule has 0 aromatic heterocycles. The Morgan fingerprint density at radius 3 is 2.34 bits per heavy atom. The second kappa shape index (κ2) is 10.5. The summed E-state index contributed by atoms with van der Waals surface area (Å²) in [7, 11) is 0. The lowest BCUT2D eigenvalue weighted by molar-refractivity contribution is -0.123. The van der Waals surface area contributed by atoms with E-state index in [2.05, 4.69) is 21.5 Å². The van der Waals surface area contributed by atoms with Gasteiger partial charge in [-0.15, -0.1) is 0 Å². The summed E-state index contributed by atoms with van der Waals surface area (Å²) in [6.45, 7) is 5.75. The number of halogens is 1. The number of benzene rings is 2. The highest BCUT2D eigenvalue weighted by atomic mass is 32.1. The summed E-state index contributed by atoms with van der Waals surface area (Å²) in [5.74, 6) is -1.06. The minimum Gasteiger partial charge on any atom is -0.340 e. The molecule has 0 aliphatic heterocycles. The van der Waals surface area contributed by atoms with Crippen molar-refractivity contribution >= 4 is 34.8 Å². The van der Waals surface area contributed by atoms with E-state index < -0.39 is 17.8 Å². The Balaban J connectivity index is 1.97. The van der Waals surface area contributed by atoms with E-state index in [0.29, 0.717) is 12.0 Å². The molecule has 8 heteroatoms. The van der Waals surface area contributed by atoms with Gasteiger partial charge < -0.3 is 10.6 Å². The van der Waals surface area contributed by atoms with Crippen molar-refractivity contribution in [2.75, 3.05) is 5.32 Å². The predicted molar refractivity (Wildman–Crippen MR) is 116 cm³/mol. The number of rotatable bonds is 6. The van der Waals surface area contributed by atoms with Gasteiger partial charge in [0.25, 0.3) is 11.8 Å². The third-order valence-electron chi connectivity index (χ3n) is 4.14. The fourth-order valence-corrected chi connectivity index (χ4v) is 2.85. The number of carbonyl (C=O) groups excluding carboxylic acids is 2. The average Bonchev–Trinajstić information content (AvgIpc) is 2.67. The lowest BCUT2D eigenvalue weighted by Gasteiger charge is -2.21. The number of nitrogens with one attached hydrogen (secondary N) is 4. The molecule has 2 rings (SSSR count). The SMILES string of the molecule is Cc1ccccc1C(=O)N[C@@H](CC(C)C)C(=O)NNC(=S)Nc1ccccc1F. The first-order valence-corrected chi connectivity index (χ1v) is 9.66. The van der Waals surface area contributed by atoms with Crippen LogP contribution in [0.25, 0.3) is 0 Å². The van der Waals surface area contributed by atoms with E-state index in [-0.39, 0.29) is 22.6 Å². The lowest BCUT2D eigenvalue weighted by Crippen LogP contribution is -2.53. The third-order valence-corrected chi connectivity index (χ3v) is 4.34. The van der Waals surface area contributed by atoms with Gasteiger partial charge in [-0.1, -0.05) is 44.2 Å².